The standard InChI is InChI=1S/C73H45N/c1-2-18-48-41-50(34-33-46(48)17-1)65-44-67-63-29-13-16-32-70(63)73(68-30-14-11-27-61(68)62-28-12-15-31-69(62)73)71(67)45-72(65)74(52-39-40-60-57-24-7-6-22-55(57)56-23-8-10-26-59(56)66(60)43-52)51-37-35-47(36-38-51)64-42-49-19-3-4-20-53(49)54-21-5-9-25-58(54)64/h1-45H. The van der Waals surface area contributed by atoms with Gasteiger partial charge in [0.15, 0.2) is 0 Å². The van der Waals surface area contributed by atoms with Gasteiger partial charge in [-0.25, -0.2) is 0 Å². The third-order valence-corrected chi connectivity index (χ3v) is 16.6. The molecule has 0 heterocycles. The van der Waals surface area contributed by atoms with E-state index < -0.39 is 5.41 Å². The summed E-state index contributed by atoms with van der Waals surface area (Å²) in [6, 6.07) is 103. The third-order valence-electron chi connectivity index (χ3n) is 16.6. The van der Waals surface area contributed by atoms with Crippen LogP contribution in [0.1, 0.15) is 22.3 Å². The van der Waals surface area contributed by atoms with Gasteiger partial charge in [-0.2, -0.15) is 0 Å². The van der Waals surface area contributed by atoms with Gasteiger partial charge < -0.3 is 4.90 Å². The number of hydrogen-bond donors (Lipinski definition) is 0. The highest BCUT2D eigenvalue weighted by Gasteiger charge is 2.52. The highest BCUT2D eigenvalue weighted by atomic mass is 15.1. The molecule has 16 rings (SSSR count). The van der Waals surface area contributed by atoms with Crippen molar-refractivity contribution in [2.24, 2.45) is 0 Å². The minimum atomic E-state index is -0.527. The van der Waals surface area contributed by atoms with Crippen LogP contribution in [0.5, 0.6) is 0 Å². The van der Waals surface area contributed by atoms with Crippen molar-refractivity contribution in [3.05, 3.63) is 295 Å². The van der Waals surface area contributed by atoms with Crippen molar-refractivity contribution < 1.29 is 0 Å². The fourth-order valence-electron chi connectivity index (χ4n) is 13.4. The highest BCUT2D eigenvalue weighted by Crippen LogP contribution is 2.64. The molecule has 74 heavy (non-hydrogen) atoms. The number of anilines is 3. The Morgan fingerprint density at radius 2 is 0.676 bits per heavy atom. The van der Waals surface area contributed by atoms with Gasteiger partial charge >= 0.3 is 0 Å². The van der Waals surface area contributed by atoms with Gasteiger partial charge in [0.25, 0.3) is 0 Å². The van der Waals surface area contributed by atoms with Crippen LogP contribution in [0, 0.1) is 0 Å². The quantitative estimate of drug-likeness (QED) is 0.155. The lowest BCUT2D eigenvalue weighted by Gasteiger charge is -2.33. The van der Waals surface area contributed by atoms with Crippen LogP contribution in [-0.2, 0) is 5.41 Å². The average molecular weight is 936 g/mol. The fourth-order valence-corrected chi connectivity index (χ4v) is 13.4. The second-order valence-electron chi connectivity index (χ2n) is 20.3. The minimum absolute atomic E-state index is 0.527. The monoisotopic (exact) mass is 935 g/mol. The van der Waals surface area contributed by atoms with E-state index in [4.69, 9.17) is 0 Å². The maximum Gasteiger partial charge on any atom is 0.0726 e. The fraction of sp³-hybridized carbons (Fsp3) is 0.0137. The van der Waals surface area contributed by atoms with Gasteiger partial charge in [0.2, 0.25) is 0 Å². The Balaban J connectivity index is 1.01. The molecule has 0 N–H and O–H groups in total. The van der Waals surface area contributed by atoms with E-state index in [0.717, 1.165) is 17.1 Å². The predicted molar refractivity (Wildman–Crippen MR) is 313 cm³/mol. The zero-order valence-corrected chi connectivity index (χ0v) is 40.4. The molecule has 0 radical (unpaired) electrons. The van der Waals surface area contributed by atoms with E-state index in [1.165, 1.54) is 131 Å². The molecule has 1 heteroatoms. The van der Waals surface area contributed by atoms with Crippen molar-refractivity contribution in [3.8, 4) is 44.5 Å². The predicted octanol–water partition coefficient (Wildman–Crippen LogP) is 19.8. The summed E-state index contributed by atoms with van der Waals surface area (Å²) in [4.78, 5) is 2.56. The molecule has 0 amide bonds. The van der Waals surface area contributed by atoms with Gasteiger partial charge in [0.1, 0.15) is 0 Å². The van der Waals surface area contributed by atoms with Gasteiger partial charge in [-0.3, -0.25) is 0 Å². The van der Waals surface area contributed by atoms with Crippen LogP contribution in [0.2, 0.25) is 0 Å². The molecular weight excluding hydrogens is 891 g/mol. The summed E-state index contributed by atoms with van der Waals surface area (Å²) < 4.78 is 0. The summed E-state index contributed by atoms with van der Waals surface area (Å²) in [7, 11) is 0. The lowest BCUT2D eigenvalue weighted by Crippen LogP contribution is -2.26. The van der Waals surface area contributed by atoms with Crippen molar-refractivity contribution in [1.29, 1.82) is 0 Å². The molecule has 2 aliphatic rings. The number of nitrogens with zero attached hydrogens (tertiary/aromatic N) is 1. The Labute approximate surface area is 429 Å². The molecule has 0 aromatic heterocycles. The molecule has 14 aromatic carbocycles. The molecule has 0 unspecified atom stereocenters. The number of hydrogen-bond acceptors (Lipinski definition) is 1. The van der Waals surface area contributed by atoms with Crippen LogP contribution >= 0.6 is 0 Å². The summed E-state index contributed by atoms with van der Waals surface area (Å²) in [5, 5.41) is 15.0. The van der Waals surface area contributed by atoms with E-state index in [1.807, 2.05) is 0 Å². The van der Waals surface area contributed by atoms with E-state index in [2.05, 4.69) is 278 Å². The molecule has 14 aromatic rings. The number of benzene rings is 14. The first-order chi connectivity index (χ1) is 36.7. The van der Waals surface area contributed by atoms with E-state index in [0.29, 0.717) is 0 Å². The third kappa shape index (κ3) is 5.75. The van der Waals surface area contributed by atoms with E-state index in [9.17, 15) is 0 Å². The molecule has 0 fully saturated rings. The topological polar surface area (TPSA) is 3.24 Å². The molecule has 0 aliphatic heterocycles. The van der Waals surface area contributed by atoms with E-state index >= 15 is 0 Å². The van der Waals surface area contributed by atoms with Gasteiger partial charge in [0.05, 0.1) is 11.1 Å². The normalized spacial score (nSPS) is 13.0. The Morgan fingerprint density at radius 3 is 1.31 bits per heavy atom. The Bertz CT molecular complexity index is 4590. The molecule has 0 bridgehead atoms. The average Bonchev–Trinajstić information content (AvgIpc) is 3.94. The van der Waals surface area contributed by atoms with Crippen molar-refractivity contribution >= 4 is 81.7 Å². The van der Waals surface area contributed by atoms with Crippen LogP contribution in [0.3, 0.4) is 0 Å². The first-order valence-electron chi connectivity index (χ1n) is 25.8. The second-order valence-corrected chi connectivity index (χ2v) is 20.3. The summed E-state index contributed by atoms with van der Waals surface area (Å²) >= 11 is 0. The second kappa shape index (κ2) is 15.7. The summed E-state index contributed by atoms with van der Waals surface area (Å²) in [6.07, 6.45) is 0. The molecule has 0 atom stereocenters. The van der Waals surface area contributed by atoms with Crippen LogP contribution in [-0.4, -0.2) is 0 Å². The first-order valence-corrected chi connectivity index (χ1v) is 25.8. The SMILES string of the molecule is c1ccc2c(c1)-c1ccccc1C21c2ccccc2-c2cc(-c3ccc4ccccc4c3)c(N(c3ccc(-c4cc5ccccc5c5ccccc45)cc3)c3ccc4c5ccccc5c5ccccc5c4c3)cc21. The molecule has 1 nitrogen and oxygen atoms in total. The van der Waals surface area contributed by atoms with Gasteiger partial charge in [0, 0.05) is 16.9 Å². The maximum absolute atomic E-state index is 2.58. The van der Waals surface area contributed by atoms with Crippen molar-refractivity contribution in [3.63, 3.8) is 0 Å². The summed E-state index contributed by atoms with van der Waals surface area (Å²) in [5.74, 6) is 0. The number of rotatable bonds is 5. The van der Waals surface area contributed by atoms with Crippen LogP contribution in [0.25, 0.3) is 109 Å². The number of fused-ring (bicyclic) bond motifs is 20. The lowest BCUT2D eigenvalue weighted by molar-refractivity contribution is 0.794. The molecule has 342 valence electrons. The largest absolute Gasteiger partial charge is 0.310 e. The van der Waals surface area contributed by atoms with Gasteiger partial charge in [-0.1, -0.05) is 224 Å². The van der Waals surface area contributed by atoms with Crippen molar-refractivity contribution in [2.75, 3.05) is 4.90 Å². The van der Waals surface area contributed by atoms with Crippen LogP contribution in [0.4, 0.5) is 17.1 Å². The molecule has 0 saturated carbocycles. The van der Waals surface area contributed by atoms with Gasteiger partial charge in [-0.15, -0.1) is 0 Å². The maximum atomic E-state index is 2.58. The zero-order chi connectivity index (χ0) is 48.5. The minimum Gasteiger partial charge on any atom is -0.310 e. The highest BCUT2D eigenvalue weighted by molar-refractivity contribution is 6.26. The molecule has 1 spiro atoms. The lowest BCUT2D eigenvalue weighted by atomic mass is 9.70. The van der Waals surface area contributed by atoms with E-state index in [1.54, 1.807) is 0 Å². The zero-order valence-electron chi connectivity index (χ0n) is 40.4. The Hall–Kier alpha value is -9.56. The van der Waals surface area contributed by atoms with Crippen molar-refractivity contribution in [1.82, 2.24) is 0 Å². The molecule has 2 aliphatic carbocycles. The Morgan fingerprint density at radius 1 is 0.216 bits per heavy atom. The molecule has 0 saturated heterocycles. The van der Waals surface area contributed by atoms with Crippen LogP contribution in [0.15, 0.2) is 273 Å². The summed E-state index contributed by atoms with van der Waals surface area (Å²) in [6.45, 7) is 0. The molecular formula is C73H45N. The van der Waals surface area contributed by atoms with Crippen molar-refractivity contribution in [2.45, 2.75) is 5.41 Å². The van der Waals surface area contributed by atoms with E-state index in [-0.39, 0.29) is 0 Å². The van der Waals surface area contributed by atoms with Crippen LogP contribution < -0.4 is 4.90 Å². The summed E-state index contributed by atoms with van der Waals surface area (Å²) in [5.41, 5.74) is 18.0. The Kier molecular flexibility index (Phi) is 8.73. The van der Waals surface area contributed by atoms with Gasteiger partial charge in [-0.05, 0) is 174 Å². The smallest absolute Gasteiger partial charge is 0.0726 e. The first kappa shape index (κ1) is 41.1.